The first-order chi connectivity index (χ1) is 7.79. The normalized spacial score (nSPS) is 10.6. The van der Waals surface area contributed by atoms with Crippen LogP contribution >= 0.6 is 22.6 Å². The Hall–Kier alpha value is -0.880. The molecule has 1 aromatic carbocycles. The average molecular weight is 328 g/mol. The third-order valence-electron chi connectivity index (χ3n) is 2.34. The Balaban J connectivity index is 2.15. The summed E-state index contributed by atoms with van der Waals surface area (Å²) in [5.41, 5.74) is 2.34. The van der Waals surface area contributed by atoms with Crippen LogP contribution in [0, 0.1) is 3.57 Å². The smallest absolute Gasteiger partial charge is 0.0658 e. The Kier molecular flexibility index (Phi) is 3.95. The molecule has 3 nitrogen and oxygen atoms in total. The van der Waals surface area contributed by atoms with Gasteiger partial charge in [-0.3, -0.25) is 4.68 Å². The van der Waals surface area contributed by atoms with Crippen LogP contribution in [0.3, 0.4) is 0 Å². The third-order valence-corrected chi connectivity index (χ3v) is 3.05. The molecule has 0 unspecified atom stereocenters. The molecular weight excluding hydrogens is 315 g/mol. The van der Waals surface area contributed by atoms with E-state index < -0.39 is 0 Å². The summed E-state index contributed by atoms with van der Waals surface area (Å²) in [4.78, 5) is 0. The van der Waals surface area contributed by atoms with Crippen LogP contribution in [-0.4, -0.2) is 23.5 Å². The standard InChI is InChI=1S/C12H13IN2O/c1-16-7-6-15-9-11(8-14-15)10-2-4-12(13)5-3-10/h2-5,8-9H,6-7H2,1H3. The fourth-order valence-corrected chi connectivity index (χ4v) is 1.82. The van der Waals surface area contributed by atoms with Crippen LogP contribution in [0.15, 0.2) is 36.7 Å². The van der Waals surface area contributed by atoms with E-state index in [9.17, 15) is 0 Å². The van der Waals surface area contributed by atoms with Gasteiger partial charge in [0.05, 0.1) is 19.3 Å². The minimum absolute atomic E-state index is 0.688. The van der Waals surface area contributed by atoms with Gasteiger partial charge in [-0.1, -0.05) is 12.1 Å². The molecular formula is C12H13IN2O. The van der Waals surface area contributed by atoms with Crippen molar-refractivity contribution in [3.05, 3.63) is 40.2 Å². The number of methoxy groups -OCH3 is 1. The van der Waals surface area contributed by atoms with Gasteiger partial charge in [0.15, 0.2) is 0 Å². The number of aromatic nitrogens is 2. The van der Waals surface area contributed by atoms with E-state index in [-0.39, 0.29) is 0 Å². The molecule has 0 aliphatic heterocycles. The molecule has 0 amide bonds. The zero-order valence-electron chi connectivity index (χ0n) is 9.06. The number of hydrogen-bond donors (Lipinski definition) is 0. The van der Waals surface area contributed by atoms with Crippen molar-refractivity contribution in [3.63, 3.8) is 0 Å². The SMILES string of the molecule is COCCn1cc(-c2ccc(I)cc2)cn1. The van der Waals surface area contributed by atoms with Crippen molar-refractivity contribution < 1.29 is 4.74 Å². The van der Waals surface area contributed by atoms with Crippen LogP contribution in [0.2, 0.25) is 0 Å². The number of benzene rings is 1. The Bertz CT molecular complexity index is 450. The predicted octanol–water partition coefficient (Wildman–Crippen LogP) is 2.80. The molecule has 0 bridgehead atoms. The molecule has 2 rings (SSSR count). The fraction of sp³-hybridized carbons (Fsp3) is 0.250. The van der Waals surface area contributed by atoms with Crippen LogP contribution in [0.25, 0.3) is 11.1 Å². The Labute approximate surface area is 109 Å². The summed E-state index contributed by atoms with van der Waals surface area (Å²) in [5.74, 6) is 0. The molecule has 0 atom stereocenters. The highest BCUT2D eigenvalue weighted by atomic mass is 127. The zero-order chi connectivity index (χ0) is 11.4. The first-order valence-corrected chi connectivity index (χ1v) is 6.15. The molecule has 1 aromatic heterocycles. The minimum atomic E-state index is 0.688. The van der Waals surface area contributed by atoms with Crippen molar-refractivity contribution >= 4 is 22.6 Å². The molecule has 0 aliphatic carbocycles. The highest BCUT2D eigenvalue weighted by Crippen LogP contribution is 2.19. The summed E-state index contributed by atoms with van der Waals surface area (Å²) in [6, 6.07) is 8.42. The van der Waals surface area contributed by atoms with Crippen LogP contribution < -0.4 is 0 Å². The largest absolute Gasteiger partial charge is 0.383 e. The number of rotatable bonds is 4. The Morgan fingerprint density at radius 3 is 2.69 bits per heavy atom. The van der Waals surface area contributed by atoms with Gasteiger partial charge < -0.3 is 4.74 Å². The molecule has 0 spiro atoms. The molecule has 0 aliphatic rings. The van der Waals surface area contributed by atoms with E-state index in [1.807, 2.05) is 17.1 Å². The Morgan fingerprint density at radius 2 is 2.00 bits per heavy atom. The minimum Gasteiger partial charge on any atom is -0.383 e. The third kappa shape index (κ3) is 2.82. The molecule has 0 saturated carbocycles. The molecule has 2 aromatic rings. The van der Waals surface area contributed by atoms with Crippen molar-refractivity contribution in [2.24, 2.45) is 0 Å². The van der Waals surface area contributed by atoms with Gasteiger partial charge in [-0.25, -0.2) is 0 Å². The van der Waals surface area contributed by atoms with E-state index in [4.69, 9.17) is 4.74 Å². The van der Waals surface area contributed by atoms with E-state index in [1.54, 1.807) is 7.11 Å². The van der Waals surface area contributed by atoms with E-state index >= 15 is 0 Å². The second-order valence-electron chi connectivity index (χ2n) is 3.49. The maximum absolute atomic E-state index is 5.01. The fourth-order valence-electron chi connectivity index (χ4n) is 1.46. The van der Waals surface area contributed by atoms with Gasteiger partial charge in [0.2, 0.25) is 0 Å². The van der Waals surface area contributed by atoms with Crippen LogP contribution in [0.1, 0.15) is 0 Å². The molecule has 0 radical (unpaired) electrons. The van der Waals surface area contributed by atoms with E-state index in [0.717, 1.165) is 12.1 Å². The summed E-state index contributed by atoms with van der Waals surface area (Å²) >= 11 is 2.30. The lowest BCUT2D eigenvalue weighted by molar-refractivity contribution is 0.183. The van der Waals surface area contributed by atoms with Gasteiger partial charge in [-0.05, 0) is 40.3 Å². The van der Waals surface area contributed by atoms with Gasteiger partial charge in [0.25, 0.3) is 0 Å². The first kappa shape index (κ1) is 11.6. The Morgan fingerprint density at radius 1 is 1.25 bits per heavy atom. The lowest BCUT2D eigenvalue weighted by atomic mass is 10.1. The molecule has 0 fully saturated rings. The number of halogens is 1. The first-order valence-electron chi connectivity index (χ1n) is 5.07. The molecule has 84 valence electrons. The van der Waals surface area contributed by atoms with Crippen LogP contribution in [-0.2, 0) is 11.3 Å². The van der Waals surface area contributed by atoms with Crippen molar-refractivity contribution in [1.82, 2.24) is 9.78 Å². The summed E-state index contributed by atoms with van der Waals surface area (Å²) in [5, 5.41) is 4.29. The lowest BCUT2D eigenvalue weighted by Crippen LogP contribution is -2.03. The second-order valence-corrected chi connectivity index (χ2v) is 4.74. The number of hydrogen-bond acceptors (Lipinski definition) is 2. The quantitative estimate of drug-likeness (QED) is 0.807. The number of nitrogens with zero attached hydrogens (tertiary/aromatic N) is 2. The van der Waals surface area contributed by atoms with Crippen LogP contribution in [0.5, 0.6) is 0 Å². The highest BCUT2D eigenvalue weighted by molar-refractivity contribution is 14.1. The predicted molar refractivity (Wildman–Crippen MR) is 72.3 cm³/mol. The monoisotopic (exact) mass is 328 g/mol. The molecule has 0 N–H and O–H groups in total. The lowest BCUT2D eigenvalue weighted by Gasteiger charge is -1.99. The number of ether oxygens (including phenoxy) is 1. The highest BCUT2D eigenvalue weighted by Gasteiger charge is 2.01. The second kappa shape index (κ2) is 5.45. The van der Waals surface area contributed by atoms with Gasteiger partial charge in [0.1, 0.15) is 0 Å². The molecule has 1 heterocycles. The van der Waals surface area contributed by atoms with Crippen molar-refractivity contribution in [2.45, 2.75) is 6.54 Å². The zero-order valence-corrected chi connectivity index (χ0v) is 11.2. The van der Waals surface area contributed by atoms with E-state index in [0.29, 0.717) is 6.61 Å². The average Bonchev–Trinajstić information content (AvgIpc) is 2.76. The van der Waals surface area contributed by atoms with Crippen molar-refractivity contribution in [2.75, 3.05) is 13.7 Å². The summed E-state index contributed by atoms with van der Waals surface area (Å²) in [7, 11) is 1.70. The van der Waals surface area contributed by atoms with Crippen molar-refractivity contribution in [1.29, 1.82) is 0 Å². The summed E-state index contributed by atoms with van der Waals surface area (Å²) < 4.78 is 8.16. The van der Waals surface area contributed by atoms with E-state index in [1.165, 1.54) is 9.13 Å². The molecule has 4 heteroatoms. The van der Waals surface area contributed by atoms with E-state index in [2.05, 4.69) is 52.0 Å². The van der Waals surface area contributed by atoms with Gasteiger partial charge in [-0.15, -0.1) is 0 Å². The maximum atomic E-state index is 5.01. The van der Waals surface area contributed by atoms with Gasteiger partial charge in [-0.2, -0.15) is 5.10 Å². The van der Waals surface area contributed by atoms with Gasteiger partial charge in [0, 0.05) is 22.4 Å². The van der Waals surface area contributed by atoms with Crippen LogP contribution in [0.4, 0.5) is 0 Å². The summed E-state index contributed by atoms with van der Waals surface area (Å²) in [6.45, 7) is 1.48. The topological polar surface area (TPSA) is 27.1 Å². The maximum Gasteiger partial charge on any atom is 0.0658 e. The molecule has 16 heavy (non-hydrogen) atoms. The molecule has 0 saturated heterocycles. The van der Waals surface area contributed by atoms with Gasteiger partial charge >= 0.3 is 0 Å². The van der Waals surface area contributed by atoms with Crippen molar-refractivity contribution in [3.8, 4) is 11.1 Å². The summed E-state index contributed by atoms with van der Waals surface area (Å²) in [6.07, 6.45) is 3.93.